The first-order valence-corrected chi connectivity index (χ1v) is 7.18. The lowest BCUT2D eigenvalue weighted by Crippen LogP contribution is -2.02. The molecule has 0 aliphatic rings. The number of hydrogen-bond acceptors (Lipinski definition) is 3. The molecule has 0 spiro atoms. The van der Waals surface area contributed by atoms with Gasteiger partial charge in [-0.1, -0.05) is 12.1 Å². The Kier molecular flexibility index (Phi) is 3.81. The van der Waals surface area contributed by atoms with Gasteiger partial charge in [-0.3, -0.25) is 8.89 Å². The summed E-state index contributed by atoms with van der Waals surface area (Å²) in [6.45, 7) is 4.76. The van der Waals surface area contributed by atoms with Crippen LogP contribution in [-0.2, 0) is 23.1 Å². The maximum Gasteiger partial charge on any atom is 0.0623 e. The van der Waals surface area contributed by atoms with E-state index in [1.807, 2.05) is 42.9 Å². The smallest absolute Gasteiger partial charge is 0.0623 e. The van der Waals surface area contributed by atoms with E-state index < -0.39 is 10.8 Å². The lowest BCUT2D eigenvalue weighted by molar-refractivity contribution is 0.659. The fraction of sp³-hybridized carbons (Fsp3) is 0.308. The summed E-state index contributed by atoms with van der Waals surface area (Å²) in [6, 6.07) is 5.63. The molecular weight excluding hydrogens is 246 g/mol. The number of aromatic nitrogens is 2. The molecule has 1 heterocycles. The summed E-state index contributed by atoms with van der Waals surface area (Å²) in [6.07, 6.45) is 3.68. The average Bonchev–Trinajstić information content (AvgIpc) is 2.80. The van der Waals surface area contributed by atoms with Crippen molar-refractivity contribution >= 4 is 16.5 Å². The van der Waals surface area contributed by atoms with Crippen molar-refractivity contribution in [2.75, 3.05) is 5.73 Å². The average molecular weight is 263 g/mol. The molecular formula is C13H17N3OS. The van der Waals surface area contributed by atoms with Crippen LogP contribution in [0.4, 0.5) is 5.69 Å². The molecule has 1 aromatic carbocycles. The van der Waals surface area contributed by atoms with Crippen LogP contribution in [0.15, 0.2) is 35.5 Å². The highest BCUT2D eigenvalue weighted by molar-refractivity contribution is 7.84. The number of anilines is 1. The molecule has 2 N–H and O–H groups in total. The zero-order valence-corrected chi connectivity index (χ0v) is 11.4. The second-order valence-corrected chi connectivity index (χ2v) is 5.60. The largest absolute Gasteiger partial charge is 0.398 e. The summed E-state index contributed by atoms with van der Waals surface area (Å²) in [5.74, 6) is 0.452. The van der Waals surface area contributed by atoms with Gasteiger partial charge in [0, 0.05) is 18.3 Å². The summed E-state index contributed by atoms with van der Waals surface area (Å²) < 4.78 is 14.1. The minimum Gasteiger partial charge on any atom is -0.398 e. The molecule has 1 unspecified atom stereocenters. The fourth-order valence-electron chi connectivity index (χ4n) is 1.74. The van der Waals surface area contributed by atoms with Crippen molar-refractivity contribution in [2.24, 2.45) is 0 Å². The van der Waals surface area contributed by atoms with E-state index in [1.165, 1.54) is 0 Å². The SMILES string of the molecule is CCn1cc(CS(=O)c2cccc(C)c2N)cn1. The molecule has 96 valence electrons. The highest BCUT2D eigenvalue weighted by Crippen LogP contribution is 2.22. The van der Waals surface area contributed by atoms with Gasteiger partial charge in [-0.25, -0.2) is 0 Å². The molecule has 0 amide bonds. The molecule has 0 saturated carbocycles. The van der Waals surface area contributed by atoms with Crippen LogP contribution < -0.4 is 5.73 Å². The molecule has 0 aliphatic heterocycles. The van der Waals surface area contributed by atoms with Crippen LogP contribution in [0.1, 0.15) is 18.1 Å². The summed E-state index contributed by atoms with van der Waals surface area (Å²) in [5, 5.41) is 4.17. The highest BCUT2D eigenvalue weighted by Gasteiger charge is 2.11. The van der Waals surface area contributed by atoms with E-state index >= 15 is 0 Å². The number of hydrogen-bond donors (Lipinski definition) is 1. The van der Waals surface area contributed by atoms with Gasteiger partial charge in [0.25, 0.3) is 0 Å². The predicted octanol–water partition coefficient (Wildman–Crippen LogP) is 2.10. The van der Waals surface area contributed by atoms with Crippen molar-refractivity contribution in [3.8, 4) is 0 Å². The Bertz CT molecular complexity index is 577. The Labute approximate surface area is 109 Å². The van der Waals surface area contributed by atoms with Crippen molar-refractivity contribution in [1.82, 2.24) is 9.78 Å². The molecule has 5 heteroatoms. The van der Waals surface area contributed by atoms with Gasteiger partial charge >= 0.3 is 0 Å². The Morgan fingerprint density at radius 2 is 2.22 bits per heavy atom. The van der Waals surface area contributed by atoms with Gasteiger partial charge in [-0.15, -0.1) is 0 Å². The lowest BCUT2D eigenvalue weighted by atomic mass is 10.2. The van der Waals surface area contributed by atoms with Gasteiger partial charge in [0.2, 0.25) is 0 Å². The van der Waals surface area contributed by atoms with Gasteiger partial charge < -0.3 is 5.73 Å². The molecule has 1 atom stereocenters. The molecule has 0 bridgehead atoms. The number of rotatable bonds is 4. The quantitative estimate of drug-likeness (QED) is 0.859. The maximum absolute atomic E-state index is 12.3. The van der Waals surface area contributed by atoms with Crippen molar-refractivity contribution in [1.29, 1.82) is 0 Å². The lowest BCUT2D eigenvalue weighted by Gasteiger charge is -2.07. The first-order valence-electron chi connectivity index (χ1n) is 5.86. The third-order valence-electron chi connectivity index (χ3n) is 2.84. The molecule has 0 fully saturated rings. The predicted molar refractivity (Wildman–Crippen MR) is 73.6 cm³/mol. The van der Waals surface area contributed by atoms with Crippen molar-refractivity contribution in [3.05, 3.63) is 41.7 Å². The summed E-state index contributed by atoms with van der Waals surface area (Å²) in [5.41, 5.74) is 8.51. The van der Waals surface area contributed by atoms with Crippen LogP contribution >= 0.6 is 0 Å². The molecule has 2 aromatic rings. The topological polar surface area (TPSA) is 60.9 Å². The molecule has 0 saturated heterocycles. The second-order valence-electron chi connectivity index (χ2n) is 4.18. The van der Waals surface area contributed by atoms with E-state index in [-0.39, 0.29) is 0 Å². The van der Waals surface area contributed by atoms with Gasteiger partial charge in [0.15, 0.2) is 0 Å². The Hall–Kier alpha value is -1.62. The maximum atomic E-state index is 12.3. The standard InChI is InChI=1S/C13H17N3OS/c1-3-16-8-11(7-15-16)9-18(17)12-6-4-5-10(2)13(12)14/h4-8H,3,9,14H2,1-2H3. The number of benzene rings is 1. The van der Waals surface area contributed by atoms with Crippen LogP contribution in [-0.4, -0.2) is 14.0 Å². The zero-order valence-electron chi connectivity index (χ0n) is 10.6. The van der Waals surface area contributed by atoms with Gasteiger partial charge in [-0.05, 0) is 25.5 Å². The van der Waals surface area contributed by atoms with Crippen molar-refractivity contribution in [3.63, 3.8) is 0 Å². The van der Waals surface area contributed by atoms with Crippen LogP contribution in [0.5, 0.6) is 0 Å². The number of para-hydroxylation sites is 1. The minimum atomic E-state index is -1.12. The minimum absolute atomic E-state index is 0.452. The second kappa shape index (κ2) is 5.35. The normalized spacial score (nSPS) is 12.6. The van der Waals surface area contributed by atoms with Crippen LogP contribution in [0.25, 0.3) is 0 Å². The van der Waals surface area contributed by atoms with Gasteiger partial charge in [-0.2, -0.15) is 5.10 Å². The van der Waals surface area contributed by atoms with Crippen molar-refractivity contribution < 1.29 is 4.21 Å². The van der Waals surface area contributed by atoms with Crippen LogP contribution in [0.2, 0.25) is 0 Å². The van der Waals surface area contributed by atoms with Crippen molar-refractivity contribution in [2.45, 2.75) is 31.0 Å². The third-order valence-corrected chi connectivity index (χ3v) is 4.28. The van der Waals surface area contributed by atoms with E-state index in [0.29, 0.717) is 16.3 Å². The van der Waals surface area contributed by atoms with Crippen LogP contribution in [0.3, 0.4) is 0 Å². The number of aryl methyl sites for hydroxylation is 2. The Morgan fingerprint density at radius 1 is 1.44 bits per heavy atom. The number of nitrogen functional groups attached to an aromatic ring is 1. The molecule has 2 rings (SSSR count). The van der Waals surface area contributed by atoms with Gasteiger partial charge in [0.05, 0.1) is 33.3 Å². The number of nitrogens with two attached hydrogens (primary N) is 1. The van der Waals surface area contributed by atoms with E-state index in [4.69, 9.17) is 5.73 Å². The zero-order chi connectivity index (χ0) is 13.1. The van der Waals surface area contributed by atoms with Gasteiger partial charge in [0.1, 0.15) is 0 Å². The molecule has 4 nitrogen and oxygen atoms in total. The van der Waals surface area contributed by atoms with E-state index in [1.54, 1.807) is 6.20 Å². The Balaban J connectivity index is 2.19. The first kappa shape index (κ1) is 12.8. The monoisotopic (exact) mass is 263 g/mol. The summed E-state index contributed by atoms with van der Waals surface area (Å²) >= 11 is 0. The third kappa shape index (κ3) is 2.61. The Morgan fingerprint density at radius 3 is 2.89 bits per heavy atom. The molecule has 0 aliphatic carbocycles. The molecule has 0 radical (unpaired) electrons. The first-order chi connectivity index (χ1) is 8.61. The van der Waals surface area contributed by atoms with E-state index in [0.717, 1.165) is 17.7 Å². The highest BCUT2D eigenvalue weighted by atomic mass is 32.2. The van der Waals surface area contributed by atoms with E-state index in [9.17, 15) is 4.21 Å². The van der Waals surface area contributed by atoms with Crippen LogP contribution in [0, 0.1) is 6.92 Å². The summed E-state index contributed by atoms with van der Waals surface area (Å²) in [4.78, 5) is 0.708. The number of nitrogens with zero attached hydrogens (tertiary/aromatic N) is 2. The molecule has 1 aromatic heterocycles. The summed E-state index contributed by atoms with van der Waals surface area (Å²) in [7, 11) is -1.12. The van der Waals surface area contributed by atoms with E-state index in [2.05, 4.69) is 5.10 Å². The molecule has 18 heavy (non-hydrogen) atoms. The fourth-order valence-corrected chi connectivity index (χ4v) is 2.98.